The predicted octanol–water partition coefficient (Wildman–Crippen LogP) is 1.70. The molecule has 2 aromatic rings. The first-order chi connectivity index (χ1) is 12.1. The number of carbonyl (C=O) groups excluding carboxylic acids is 1. The molecule has 0 spiro atoms. The maximum absolute atomic E-state index is 12.2. The highest BCUT2D eigenvalue weighted by Gasteiger charge is 2.19. The average molecular weight is 345 g/mol. The van der Waals surface area contributed by atoms with Crippen LogP contribution in [0, 0.1) is 13.8 Å². The largest absolute Gasteiger partial charge is 0.361 e. The number of amides is 1. The molecule has 1 atom stereocenters. The van der Waals surface area contributed by atoms with E-state index in [0.29, 0.717) is 12.5 Å². The van der Waals surface area contributed by atoms with Gasteiger partial charge in [0.25, 0.3) is 0 Å². The van der Waals surface area contributed by atoms with Gasteiger partial charge in [-0.05, 0) is 52.1 Å². The van der Waals surface area contributed by atoms with Crippen molar-refractivity contribution in [2.24, 2.45) is 0 Å². The summed E-state index contributed by atoms with van der Waals surface area (Å²) < 4.78 is 6.99. The summed E-state index contributed by atoms with van der Waals surface area (Å²) >= 11 is 0. The Kier molecular flexibility index (Phi) is 5.86. The molecular formula is C18H27N5O2. The topological polar surface area (TPSA) is 85.0 Å². The van der Waals surface area contributed by atoms with Crippen LogP contribution in [-0.4, -0.2) is 40.5 Å². The van der Waals surface area contributed by atoms with Crippen LogP contribution in [0.4, 0.5) is 0 Å². The van der Waals surface area contributed by atoms with Crippen molar-refractivity contribution >= 4 is 5.91 Å². The fourth-order valence-corrected chi connectivity index (χ4v) is 3.47. The van der Waals surface area contributed by atoms with E-state index < -0.39 is 0 Å². The van der Waals surface area contributed by atoms with E-state index in [4.69, 9.17) is 4.52 Å². The molecule has 2 aromatic heterocycles. The third-order valence-corrected chi connectivity index (χ3v) is 4.86. The van der Waals surface area contributed by atoms with Crippen molar-refractivity contribution in [2.75, 3.05) is 19.6 Å². The Morgan fingerprint density at radius 1 is 1.48 bits per heavy atom. The standard InChI is InChI=1S/C18H27N5O2/c1-13-16(14(2)25-22-13)6-4-9-20-18(24)12-23-17(7-10-21-23)15-5-3-8-19-11-15/h7,10,15,19H,3-6,8-9,11-12H2,1-2H3,(H,20,24)/t15-/m1/s1. The quantitative estimate of drug-likeness (QED) is 0.746. The maximum Gasteiger partial charge on any atom is 0.241 e. The summed E-state index contributed by atoms with van der Waals surface area (Å²) in [4.78, 5) is 12.2. The van der Waals surface area contributed by atoms with Crippen LogP contribution in [0.3, 0.4) is 0 Å². The van der Waals surface area contributed by atoms with E-state index in [1.165, 1.54) is 6.42 Å². The van der Waals surface area contributed by atoms with Gasteiger partial charge in [0, 0.05) is 36.5 Å². The molecule has 0 bridgehead atoms. The number of hydrogen-bond acceptors (Lipinski definition) is 5. The molecule has 3 heterocycles. The summed E-state index contributed by atoms with van der Waals surface area (Å²) in [6, 6.07) is 2.03. The van der Waals surface area contributed by atoms with E-state index in [1.807, 2.05) is 24.6 Å². The number of hydrogen-bond donors (Lipinski definition) is 2. The van der Waals surface area contributed by atoms with Crippen molar-refractivity contribution in [2.45, 2.75) is 52.0 Å². The van der Waals surface area contributed by atoms with Gasteiger partial charge in [0.05, 0.1) is 5.69 Å². The van der Waals surface area contributed by atoms with Crippen LogP contribution < -0.4 is 10.6 Å². The lowest BCUT2D eigenvalue weighted by atomic mass is 9.96. The van der Waals surface area contributed by atoms with Gasteiger partial charge < -0.3 is 15.2 Å². The van der Waals surface area contributed by atoms with Crippen LogP contribution in [0.2, 0.25) is 0 Å². The van der Waals surface area contributed by atoms with Gasteiger partial charge in [0.1, 0.15) is 12.3 Å². The van der Waals surface area contributed by atoms with Gasteiger partial charge in [0.2, 0.25) is 5.91 Å². The van der Waals surface area contributed by atoms with Crippen molar-refractivity contribution in [3.05, 3.63) is 35.0 Å². The molecule has 0 unspecified atom stereocenters. The third kappa shape index (κ3) is 4.48. The molecule has 7 heteroatoms. The number of carbonyl (C=O) groups is 1. The second-order valence-electron chi connectivity index (χ2n) is 6.71. The Hall–Kier alpha value is -2.15. The van der Waals surface area contributed by atoms with Gasteiger partial charge in [-0.15, -0.1) is 0 Å². The maximum atomic E-state index is 12.2. The number of piperidine rings is 1. The first-order valence-corrected chi connectivity index (χ1v) is 9.06. The summed E-state index contributed by atoms with van der Waals surface area (Å²) in [5, 5.41) is 14.7. The Bertz CT molecular complexity index is 681. The molecule has 0 saturated carbocycles. The second-order valence-corrected chi connectivity index (χ2v) is 6.71. The highest BCUT2D eigenvalue weighted by molar-refractivity contribution is 5.75. The second kappa shape index (κ2) is 8.29. The predicted molar refractivity (Wildman–Crippen MR) is 94.4 cm³/mol. The van der Waals surface area contributed by atoms with Crippen LogP contribution >= 0.6 is 0 Å². The van der Waals surface area contributed by atoms with E-state index in [9.17, 15) is 4.79 Å². The third-order valence-electron chi connectivity index (χ3n) is 4.86. The smallest absolute Gasteiger partial charge is 0.241 e. The summed E-state index contributed by atoms with van der Waals surface area (Å²) in [6.07, 6.45) is 5.84. The molecule has 0 radical (unpaired) electrons. The van der Waals surface area contributed by atoms with E-state index in [1.54, 1.807) is 6.20 Å². The van der Waals surface area contributed by atoms with Crippen molar-refractivity contribution in [3.8, 4) is 0 Å². The molecular weight excluding hydrogens is 318 g/mol. The van der Waals surface area contributed by atoms with E-state index in [-0.39, 0.29) is 12.5 Å². The van der Waals surface area contributed by atoms with Gasteiger partial charge in [0.15, 0.2) is 0 Å². The van der Waals surface area contributed by atoms with Gasteiger partial charge in [-0.1, -0.05) is 5.16 Å². The normalized spacial score (nSPS) is 17.6. The Morgan fingerprint density at radius 3 is 3.08 bits per heavy atom. The highest BCUT2D eigenvalue weighted by atomic mass is 16.5. The monoisotopic (exact) mass is 345 g/mol. The van der Waals surface area contributed by atoms with Crippen molar-refractivity contribution < 1.29 is 9.32 Å². The zero-order chi connectivity index (χ0) is 17.6. The number of nitrogens with one attached hydrogen (secondary N) is 2. The fourth-order valence-electron chi connectivity index (χ4n) is 3.47. The molecule has 136 valence electrons. The number of nitrogens with zero attached hydrogens (tertiary/aromatic N) is 3. The van der Waals surface area contributed by atoms with Crippen LogP contribution in [0.15, 0.2) is 16.8 Å². The number of rotatable bonds is 7. The molecule has 25 heavy (non-hydrogen) atoms. The van der Waals surface area contributed by atoms with Crippen molar-refractivity contribution in [1.29, 1.82) is 0 Å². The minimum atomic E-state index is 0.00693. The lowest BCUT2D eigenvalue weighted by Gasteiger charge is -2.23. The SMILES string of the molecule is Cc1noc(C)c1CCCNC(=O)Cn1nccc1[C@@H]1CCCNC1. The first kappa shape index (κ1) is 17.7. The lowest BCUT2D eigenvalue weighted by molar-refractivity contribution is -0.121. The summed E-state index contributed by atoms with van der Waals surface area (Å²) in [7, 11) is 0. The Morgan fingerprint density at radius 2 is 2.36 bits per heavy atom. The van der Waals surface area contributed by atoms with Crippen molar-refractivity contribution in [1.82, 2.24) is 25.6 Å². The number of aromatic nitrogens is 3. The van der Waals surface area contributed by atoms with Gasteiger partial charge >= 0.3 is 0 Å². The molecule has 0 aliphatic carbocycles. The van der Waals surface area contributed by atoms with Gasteiger partial charge in [-0.25, -0.2) is 0 Å². The van der Waals surface area contributed by atoms with Gasteiger partial charge in [-0.3, -0.25) is 9.48 Å². The molecule has 0 aromatic carbocycles. The fraction of sp³-hybridized carbons (Fsp3) is 0.611. The van der Waals surface area contributed by atoms with E-state index in [0.717, 1.165) is 55.1 Å². The minimum absolute atomic E-state index is 0.00693. The average Bonchev–Trinajstić information content (AvgIpc) is 3.20. The zero-order valence-electron chi connectivity index (χ0n) is 15.0. The molecule has 1 aliphatic rings. The van der Waals surface area contributed by atoms with Crippen LogP contribution in [0.5, 0.6) is 0 Å². The van der Waals surface area contributed by atoms with Crippen LogP contribution in [0.25, 0.3) is 0 Å². The molecule has 3 rings (SSSR count). The lowest BCUT2D eigenvalue weighted by Crippen LogP contribution is -2.32. The molecule has 7 nitrogen and oxygen atoms in total. The summed E-state index contributed by atoms with van der Waals surface area (Å²) in [5.74, 6) is 1.32. The zero-order valence-corrected chi connectivity index (χ0v) is 15.0. The highest BCUT2D eigenvalue weighted by Crippen LogP contribution is 2.22. The molecule has 1 saturated heterocycles. The van der Waals surface area contributed by atoms with Crippen LogP contribution in [-0.2, 0) is 17.8 Å². The van der Waals surface area contributed by atoms with E-state index in [2.05, 4.69) is 20.9 Å². The number of aryl methyl sites for hydroxylation is 2. The first-order valence-electron chi connectivity index (χ1n) is 9.06. The van der Waals surface area contributed by atoms with Gasteiger partial charge in [-0.2, -0.15) is 5.10 Å². The molecule has 1 amide bonds. The summed E-state index contributed by atoms with van der Waals surface area (Å²) in [6.45, 7) is 6.84. The summed E-state index contributed by atoms with van der Waals surface area (Å²) in [5.41, 5.74) is 3.23. The van der Waals surface area contributed by atoms with E-state index >= 15 is 0 Å². The van der Waals surface area contributed by atoms with Crippen LogP contribution in [0.1, 0.15) is 47.9 Å². The Labute approximate surface area is 148 Å². The molecule has 1 aliphatic heterocycles. The van der Waals surface area contributed by atoms with Crippen molar-refractivity contribution in [3.63, 3.8) is 0 Å². The minimum Gasteiger partial charge on any atom is -0.361 e. The molecule has 2 N–H and O–H groups in total. The Balaban J connectivity index is 1.44. The molecule has 1 fully saturated rings.